The highest BCUT2D eigenvalue weighted by molar-refractivity contribution is 7.84. The van der Waals surface area contributed by atoms with Crippen LogP contribution in [-0.2, 0) is 24.0 Å². The van der Waals surface area contributed by atoms with E-state index in [0.29, 0.717) is 28.5 Å². The number of carbonyl (C=O) groups excluding carboxylic acids is 1. The van der Waals surface area contributed by atoms with Gasteiger partial charge in [-0.15, -0.1) is 0 Å². The van der Waals surface area contributed by atoms with E-state index in [1.54, 1.807) is 37.6 Å². The summed E-state index contributed by atoms with van der Waals surface area (Å²) in [4.78, 5) is 22.6. The lowest BCUT2D eigenvalue weighted by atomic mass is 9.73. The van der Waals surface area contributed by atoms with Crippen molar-refractivity contribution in [3.63, 3.8) is 0 Å². The molecule has 0 bridgehead atoms. The molecule has 3 aromatic rings. The number of nitrogens with two attached hydrogens (primary N) is 1. The Hall–Kier alpha value is -3.98. The van der Waals surface area contributed by atoms with Crippen LogP contribution >= 0.6 is 0 Å². The van der Waals surface area contributed by atoms with Crippen LogP contribution in [0.2, 0.25) is 0 Å². The van der Waals surface area contributed by atoms with Gasteiger partial charge in [0.05, 0.1) is 41.7 Å². The number of aromatic nitrogens is 2. The third-order valence-electron chi connectivity index (χ3n) is 8.30. The number of methoxy groups -OCH3 is 1. The van der Waals surface area contributed by atoms with E-state index in [1.165, 1.54) is 5.56 Å². The number of aliphatic hydroxyl groups excluding tert-OH is 1. The molecule has 0 radical (unpaired) electrons. The minimum atomic E-state index is -1.24. The molecular weight excluding hydrogens is 578 g/mol. The molecule has 232 valence electrons. The smallest absolute Gasteiger partial charge is 0.248 e. The fourth-order valence-electron chi connectivity index (χ4n) is 5.86. The molecule has 11 heteroatoms. The molecule has 2 atom stereocenters. The van der Waals surface area contributed by atoms with Gasteiger partial charge in [0.2, 0.25) is 5.91 Å². The standard InChI is InChI=1S/C33H39N5O5S/c1-32(2,3)44(41)37-29-27-18-26(42-4)12-9-23(27)19-33(29)13-15-38(16-14-33)31-28(21-39)36-24(20-35-31)6-5-17-43-25-10-7-22(8-11-25)30(34)40/h7-12,18,20,29,37,39H,13-17,19,21H2,1-4H3,(H2,34,40)/t29-,44?/m1/s1. The van der Waals surface area contributed by atoms with Crippen LogP contribution in [0.5, 0.6) is 11.5 Å². The van der Waals surface area contributed by atoms with Crippen molar-refractivity contribution in [2.45, 2.75) is 57.4 Å². The van der Waals surface area contributed by atoms with E-state index in [2.05, 4.69) is 43.6 Å². The monoisotopic (exact) mass is 617 g/mol. The summed E-state index contributed by atoms with van der Waals surface area (Å²) in [5, 5.41) is 10.2. The van der Waals surface area contributed by atoms with Gasteiger partial charge in [-0.25, -0.2) is 18.9 Å². The number of nitrogens with zero attached hydrogens (tertiary/aromatic N) is 3. The third-order valence-corrected chi connectivity index (χ3v) is 9.86. The maximum Gasteiger partial charge on any atom is 0.248 e. The van der Waals surface area contributed by atoms with Crippen LogP contribution in [0.25, 0.3) is 0 Å². The first kappa shape index (κ1) is 31.4. The Morgan fingerprint density at radius 2 is 1.89 bits per heavy atom. The van der Waals surface area contributed by atoms with Gasteiger partial charge in [-0.05, 0) is 98.9 Å². The Morgan fingerprint density at radius 3 is 2.52 bits per heavy atom. The van der Waals surface area contributed by atoms with E-state index in [1.807, 2.05) is 26.8 Å². The second-order valence-corrected chi connectivity index (χ2v) is 14.2. The predicted molar refractivity (Wildman–Crippen MR) is 170 cm³/mol. The van der Waals surface area contributed by atoms with Gasteiger partial charge in [-0.2, -0.15) is 0 Å². The first-order valence-corrected chi connectivity index (χ1v) is 15.8. The van der Waals surface area contributed by atoms with Gasteiger partial charge in [0.15, 0.2) is 5.82 Å². The minimum absolute atomic E-state index is 0.0702. The van der Waals surface area contributed by atoms with Gasteiger partial charge < -0.3 is 25.2 Å². The molecular formula is C33H39N5O5S. The van der Waals surface area contributed by atoms with Crippen LogP contribution in [0.1, 0.15) is 72.5 Å². The fraction of sp³-hybridized carbons (Fsp3) is 0.424. The zero-order valence-electron chi connectivity index (χ0n) is 25.6. The zero-order chi connectivity index (χ0) is 31.5. The number of amides is 1. The number of fused-ring (bicyclic) bond motifs is 1. The summed E-state index contributed by atoms with van der Waals surface area (Å²) in [6.45, 7) is 7.24. The molecule has 0 saturated carbocycles. The maximum absolute atomic E-state index is 13.3. The number of hydrogen-bond donors (Lipinski definition) is 3. The molecule has 2 aromatic carbocycles. The SMILES string of the molecule is COc1ccc2c(c1)[C@@H](NS(=O)C(C)(C)C)C1(CCN(c3ncc(C#CCOc4ccc(C(N)=O)cc4)nc3CO)CC1)C2. The molecule has 1 aromatic heterocycles. The molecule has 1 unspecified atom stereocenters. The van der Waals surface area contributed by atoms with Crippen molar-refractivity contribution in [2.75, 3.05) is 31.7 Å². The van der Waals surface area contributed by atoms with E-state index >= 15 is 0 Å². The number of carbonyl (C=O) groups is 1. The number of piperidine rings is 1. The van der Waals surface area contributed by atoms with Crippen molar-refractivity contribution in [2.24, 2.45) is 11.1 Å². The summed E-state index contributed by atoms with van der Waals surface area (Å²) in [6, 6.07) is 12.6. The van der Waals surface area contributed by atoms with Crippen molar-refractivity contribution in [3.05, 3.63) is 76.7 Å². The summed E-state index contributed by atoms with van der Waals surface area (Å²) in [5.41, 5.74) is 8.88. The van der Waals surface area contributed by atoms with Gasteiger partial charge >= 0.3 is 0 Å². The van der Waals surface area contributed by atoms with Crippen LogP contribution in [0.4, 0.5) is 5.82 Å². The Morgan fingerprint density at radius 1 is 1.18 bits per heavy atom. The van der Waals surface area contributed by atoms with Crippen LogP contribution in [0.15, 0.2) is 48.7 Å². The lowest BCUT2D eigenvalue weighted by Crippen LogP contribution is -2.48. The first-order valence-electron chi connectivity index (χ1n) is 14.6. The quantitative estimate of drug-likeness (QED) is 0.327. The predicted octanol–water partition coefficient (Wildman–Crippen LogP) is 3.44. The summed E-state index contributed by atoms with van der Waals surface area (Å²) >= 11 is 0. The lowest BCUT2D eigenvalue weighted by molar-refractivity contribution is 0.1000. The molecule has 1 saturated heterocycles. The second kappa shape index (κ2) is 12.9. The highest BCUT2D eigenvalue weighted by Gasteiger charge is 2.49. The number of nitrogens with one attached hydrogen (secondary N) is 1. The maximum atomic E-state index is 13.3. The number of ether oxygens (including phenoxy) is 2. The molecule has 1 aliphatic heterocycles. The molecule has 1 spiro atoms. The van der Waals surface area contributed by atoms with E-state index < -0.39 is 21.6 Å². The van der Waals surface area contributed by atoms with Crippen LogP contribution in [0, 0.1) is 17.3 Å². The number of aliphatic hydroxyl groups is 1. The van der Waals surface area contributed by atoms with Crippen LogP contribution in [-0.4, -0.2) is 56.7 Å². The lowest BCUT2D eigenvalue weighted by Gasteiger charge is -2.44. The molecule has 2 aliphatic rings. The normalized spacial score (nSPS) is 17.8. The third kappa shape index (κ3) is 6.73. The van der Waals surface area contributed by atoms with E-state index in [4.69, 9.17) is 15.2 Å². The minimum Gasteiger partial charge on any atom is -0.497 e. The molecule has 1 amide bonds. The fourth-order valence-corrected chi connectivity index (χ4v) is 6.80. The van der Waals surface area contributed by atoms with Gasteiger partial charge in [-0.3, -0.25) is 4.79 Å². The number of primary amides is 1. The van der Waals surface area contributed by atoms with Crippen molar-refractivity contribution < 1.29 is 23.6 Å². The topological polar surface area (TPSA) is 140 Å². The van der Waals surface area contributed by atoms with Crippen molar-refractivity contribution in [3.8, 4) is 23.3 Å². The van der Waals surface area contributed by atoms with Gasteiger partial charge in [-0.1, -0.05) is 12.0 Å². The van der Waals surface area contributed by atoms with Gasteiger partial charge in [0.25, 0.3) is 0 Å². The zero-order valence-corrected chi connectivity index (χ0v) is 26.4. The highest BCUT2D eigenvalue weighted by Crippen LogP contribution is 2.53. The van der Waals surface area contributed by atoms with E-state index in [-0.39, 0.29) is 24.7 Å². The van der Waals surface area contributed by atoms with Crippen molar-refractivity contribution in [1.29, 1.82) is 0 Å². The van der Waals surface area contributed by atoms with Crippen LogP contribution in [0.3, 0.4) is 0 Å². The van der Waals surface area contributed by atoms with Crippen molar-refractivity contribution >= 4 is 22.7 Å². The number of benzene rings is 2. The Kier molecular flexibility index (Phi) is 9.25. The Bertz CT molecular complexity index is 1600. The molecule has 2 heterocycles. The second-order valence-electron chi connectivity index (χ2n) is 12.2. The summed E-state index contributed by atoms with van der Waals surface area (Å²) in [5.74, 6) is 7.37. The van der Waals surface area contributed by atoms with Crippen molar-refractivity contribution in [1.82, 2.24) is 14.7 Å². The molecule has 1 fully saturated rings. The van der Waals surface area contributed by atoms with Gasteiger partial charge in [0.1, 0.15) is 29.5 Å². The molecule has 4 N–H and O–H groups in total. The summed E-state index contributed by atoms with van der Waals surface area (Å²) in [7, 11) is 0.426. The molecule has 44 heavy (non-hydrogen) atoms. The number of anilines is 1. The van der Waals surface area contributed by atoms with E-state index in [0.717, 1.165) is 43.7 Å². The Labute approximate surface area is 261 Å². The average molecular weight is 618 g/mol. The summed E-state index contributed by atoms with van der Waals surface area (Å²) < 4.78 is 27.5. The van der Waals surface area contributed by atoms with Crippen LogP contribution < -0.4 is 24.8 Å². The average Bonchev–Trinajstić information content (AvgIpc) is 3.30. The number of rotatable bonds is 8. The molecule has 5 rings (SSSR count). The van der Waals surface area contributed by atoms with Gasteiger partial charge in [0, 0.05) is 18.7 Å². The molecule has 10 nitrogen and oxygen atoms in total. The summed E-state index contributed by atoms with van der Waals surface area (Å²) in [6.07, 6.45) is 4.22. The van der Waals surface area contributed by atoms with E-state index in [9.17, 15) is 14.1 Å². The first-order chi connectivity index (χ1) is 21.0. The number of hydrogen-bond acceptors (Lipinski definition) is 8. The Balaban J connectivity index is 1.27. The highest BCUT2D eigenvalue weighted by atomic mass is 32.2. The molecule has 1 aliphatic carbocycles. The largest absolute Gasteiger partial charge is 0.497 e.